The average molecular weight is 158 g/mol. The van der Waals surface area contributed by atoms with Gasteiger partial charge in [-0.3, -0.25) is 0 Å². The van der Waals surface area contributed by atoms with E-state index >= 15 is 0 Å². The van der Waals surface area contributed by atoms with Crippen molar-refractivity contribution in [1.82, 2.24) is 0 Å². The van der Waals surface area contributed by atoms with Crippen molar-refractivity contribution >= 4 is 11.6 Å². The van der Waals surface area contributed by atoms with Gasteiger partial charge in [0.2, 0.25) is 0 Å². The quantitative estimate of drug-likeness (QED) is 0.431. The van der Waals surface area contributed by atoms with Crippen molar-refractivity contribution in [3.05, 3.63) is 0 Å². The van der Waals surface area contributed by atoms with E-state index < -0.39 is 0 Å². The first-order chi connectivity index (χ1) is 5.34. The van der Waals surface area contributed by atoms with Gasteiger partial charge in [0.1, 0.15) is 19.4 Å². The molecule has 0 bridgehead atoms. The largest absolute Gasteiger partial charge is 0.470 e. The Labute approximate surface area is 64.6 Å². The van der Waals surface area contributed by atoms with Crippen molar-refractivity contribution in [2.24, 2.45) is 10.3 Å². The van der Waals surface area contributed by atoms with E-state index in [9.17, 15) is 0 Å². The molecular formula is C6H10N2O3. The van der Waals surface area contributed by atoms with Crippen LogP contribution in [0.3, 0.4) is 0 Å². The van der Waals surface area contributed by atoms with Crippen molar-refractivity contribution in [1.29, 1.82) is 0 Å². The van der Waals surface area contributed by atoms with Crippen LogP contribution in [0.2, 0.25) is 0 Å². The summed E-state index contributed by atoms with van der Waals surface area (Å²) in [4.78, 5) is 9.30. The molecule has 0 saturated heterocycles. The number of rotatable bonds is 2. The Bertz CT molecular complexity index is 188. The van der Waals surface area contributed by atoms with Crippen LogP contribution in [-0.4, -0.2) is 31.9 Å². The van der Waals surface area contributed by atoms with Gasteiger partial charge in [-0.2, -0.15) is 0 Å². The minimum absolute atomic E-state index is 0.387. The van der Waals surface area contributed by atoms with Crippen LogP contribution in [0.1, 0.15) is 6.92 Å². The van der Waals surface area contributed by atoms with Crippen LogP contribution in [0.25, 0.3) is 0 Å². The molecule has 0 N–H and O–H groups in total. The first-order valence-corrected chi connectivity index (χ1v) is 3.25. The summed E-state index contributed by atoms with van der Waals surface area (Å²) in [7, 11) is 1.47. The third-order valence-corrected chi connectivity index (χ3v) is 1.10. The van der Waals surface area contributed by atoms with Crippen molar-refractivity contribution in [2.75, 3.05) is 20.3 Å². The predicted octanol–water partition coefficient (Wildman–Crippen LogP) is 0.369. The van der Waals surface area contributed by atoms with Gasteiger partial charge in [0.15, 0.2) is 6.61 Å². The molecule has 0 atom stereocenters. The Morgan fingerprint density at radius 3 is 3.00 bits per heavy atom. The van der Waals surface area contributed by atoms with Crippen LogP contribution in [0.4, 0.5) is 0 Å². The molecule has 0 amide bonds. The van der Waals surface area contributed by atoms with E-state index in [1.165, 1.54) is 7.11 Å². The fraction of sp³-hybridized carbons (Fsp3) is 0.667. The molecule has 1 rings (SSSR count). The Balaban J connectivity index is 2.58. The van der Waals surface area contributed by atoms with Gasteiger partial charge in [-0.25, -0.2) is 0 Å². The Morgan fingerprint density at radius 1 is 1.64 bits per heavy atom. The highest BCUT2D eigenvalue weighted by Gasteiger charge is 2.10. The van der Waals surface area contributed by atoms with Crippen LogP contribution in [-0.2, 0) is 14.4 Å². The summed E-state index contributed by atoms with van der Waals surface area (Å²) in [6.45, 7) is 2.73. The number of ether oxygens (including phenoxy) is 1. The van der Waals surface area contributed by atoms with Crippen LogP contribution < -0.4 is 0 Å². The summed E-state index contributed by atoms with van der Waals surface area (Å²) in [5.74, 6) is 0.387. The summed E-state index contributed by atoms with van der Waals surface area (Å²) in [5.41, 5.74) is 0.576. The molecule has 0 aliphatic carbocycles. The van der Waals surface area contributed by atoms with Gasteiger partial charge in [-0.15, -0.1) is 0 Å². The molecule has 0 fully saturated rings. The smallest absolute Gasteiger partial charge is 0.275 e. The second kappa shape index (κ2) is 3.80. The maximum atomic E-state index is 5.11. The van der Waals surface area contributed by atoms with Crippen LogP contribution >= 0.6 is 0 Å². The molecule has 0 saturated carbocycles. The van der Waals surface area contributed by atoms with Crippen LogP contribution in [0.15, 0.2) is 10.3 Å². The van der Waals surface area contributed by atoms with E-state index in [0.717, 1.165) is 0 Å². The normalized spacial score (nSPS) is 18.0. The lowest BCUT2D eigenvalue weighted by molar-refractivity contribution is 0.0671. The second-order valence-electron chi connectivity index (χ2n) is 1.94. The lowest BCUT2D eigenvalue weighted by atomic mass is 10.4. The number of nitrogens with zero attached hydrogens (tertiary/aromatic N) is 2. The minimum Gasteiger partial charge on any atom is -0.470 e. The Kier molecular flexibility index (Phi) is 2.71. The number of oxime groups is 2. The molecule has 0 spiro atoms. The van der Waals surface area contributed by atoms with Crippen LogP contribution in [0, 0.1) is 0 Å². The summed E-state index contributed by atoms with van der Waals surface area (Å²) >= 11 is 0. The standard InChI is InChI=1S/C6H10N2O3/c1-5(7-9-2)6-8-11-4-3-10-6/h3-4H2,1-2H3/b7-5+. The fourth-order valence-corrected chi connectivity index (χ4v) is 0.653. The van der Waals surface area contributed by atoms with E-state index in [1.54, 1.807) is 6.92 Å². The van der Waals surface area contributed by atoms with Crippen molar-refractivity contribution < 1.29 is 14.4 Å². The van der Waals surface area contributed by atoms with Gasteiger partial charge in [0.05, 0.1) is 0 Å². The van der Waals surface area contributed by atoms with E-state index in [4.69, 9.17) is 9.57 Å². The van der Waals surface area contributed by atoms with E-state index in [0.29, 0.717) is 24.8 Å². The predicted molar refractivity (Wildman–Crippen MR) is 39.5 cm³/mol. The summed E-state index contributed by atoms with van der Waals surface area (Å²) in [6, 6.07) is 0. The zero-order chi connectivity index (χ0) is 8.10. The summed E-state index contributed by atoms with van der Waals surface area (Å²) < 4.78 is 5.11. The Hall–Kier alpha value is -1.26. The molecule has 1 aliphatic rings. The number of hydrogen-bond acceptors (Lipinski definition) is 5. The van der Waals surface area contributed by atoms with Gasteiger partial charge in [0.25, 0.3) is 5.90 Å². The molecule has 0 aromatic rings. The monoisotopic (exact) mass is 158 g/mol. The van der Waals surface area contributed by atoms with Crippen molar-refractivity contribution in [3.63, 3.8) is 0 Å². The molecular weight excluding hydrogens is 148 g/mol. The number of hydrogen-bond donors (Lipinski definition) is 0. The van der Waals surface area contributed by atoms with E-state index in [-0.39, 0.29) is 0 Å². The highest BCUT2D eigenvalue weighted by molar-refractivity contribution is 6.37. The summed E-state index contributed by atoms with van der Waals surface area (Å²) in [5, 5.41) is 7.26. The van der Waals surface area contributed by atoms with Gasteiger partial charge in [0, 0.05) is 0 Å². The van der Waals surface area contributed by atoms with Crippen molar-refractivity contribution in [2.45, 2.75) is 6.92 Å². The molecule has 0 aromatic carbocycles. The fourth-order valence-electron chi connectivity index (χ4n) is 0.653. The SMILES string of the molecule is CO/N=C(\C)C1=NOCCO1. The summed E-state index contributed by atoms with van der Waals surface area (Å²) in [6.07, 6.45) is 0. The molecule has 1 aliphatic heterocycles. The third-order valence-electron chi connectivity index (χ3n) is 1.10. The van der Waals surface area contributed by atoms with Gasteiger partial charge in [-0.05, 0) is 12.1 Å². The molecule has 1 heterocycles. The van der Waals surface area contributed by atoms with Gasteiger partial charge >= 0.3 is 0 Å². The van der Waals surface area contributed by atoms with E-state index in [1.807, 2.05) is 0 Å². The zero-order valence-electron chi connectivity index (χ0n) is 6.53. The lowest BCUT2D eigenvalue weighted by Crippen LogP contribution is -2.22. The van der Waals surface area contributed by atoms with Crippen molar-refractivity contribution in [3.8, 4) is 0 Å². The maximum absolute atomic E-state index is 5.11. The molecule has 5 nitrogen and oxygen atoms in total. The average Bonchev–Trinajstić information content (AvgIpc) is 2.07. The second-order valence-corrected chi connectivity index (χ2v) is 1.94. The van der Waals surface area contributed by atoms with Gasteiger partial charge < -0.3 is 14.4 Å². The third kappa shape index (κ3) is 2.10. The maximum Gasteiger partial charge on any atom is 0.275 e. The topological polar surface area (TPSA) is 52.4 Å². The Morgan fingerprint density at radius 2 is 2.45 bits per heavy atom. The minimum atomic E-state index is 0.387. The highest BCUT2D eigenvalue weighted by Crippen LogP contribution is 1.96. The van der Waals surface area contributed by atoms with E-state index in [2.05, 4.69) is 15.1 Å². The van der Waals surface area contributed by atoms with Gasteiger partial charge in [-0.1, -0.05) is 5.16 Å². The molecule has 11 heavy (non-hydrogen) atoms. The molecule has 0 aromatic heterocycles. The molecule has 5 heteroatoms. The lowest BCUT2D eigenvalue weighted by Gasteiger charge is -2.11. The highest BCUT2D eigenvalue weighted by atomic mass is 16.7. The zero-order valence-corrected chi connectivity index (χ0v) is 6.53. The molecule has 62 valence electrons. The molecule has 0 unspecified atom stereocenters. The molecule has 0 radical (unpaired) electrons. The first-order valence-electron chi connectivity index (χ1n) is 3.25. The first kappa shape index (κ1) is 7.84. The van der Waals surface area contributed by atoms with Crippen LogP contribution in [0.5, 0.6) is 0 Å².